The molecule has 2 rings (SSSR count). The molecule has 116 valence electrons. The van der Waals surface area contributed by atoms with Gasteiger partial charge in [-0.1, -0.05) is 11.6 Å². The number of nitrogens with one attached hydrogen (secondary N) is 1. The summed E-state index contributed by atoms with van der Waals surface area (Å²) in [6.07, 6.45) is 1.17. The van der Waals surface area contributed by atoms with E-state index in [1.165, 1.54) is 0 Å². The summed E-state index contributed by atoms with van der Waals surface area (Å²) >= 11 is 6.14. The number of hydrogen-bond donors (Lipinski definition) is 2. The first-order chi connectivity index (χ1) is 9.95. The number of amides is 2. The number of carbonyl (C=O) groups excluding carboxylic acids is 1. The number of ether oxygens (including phenoxy) is 1. The third-order valence-corrected chi connectivity index (χ3v) is 3.52. The van der Waals surface area contributed by atoms with Crippen molar-refractivity contribution in [3.8, 4) is 5.75 Å². The summed E-state index contributed by atoms with van der Waals surface area (Å²) in [7, 11) is 0. The number of piperidine rings is 1. The number of halogens is 1. The number of urea groups is 1. The van der Waals surface area contributed by atoms with E-state index in [4.69, 9.17) is 16.3 Å². The molecule has 1 saturated heterocycles. The van der Waals surface area contributed by atoms with Gasteiger partial charge in [0.15, 0.2) is 0 Å². The second kappa shape index (κ2) is 7.00. The van der Waals surface area contributed by atoms with Crippen LogP contribution >= 0.6 is 11.6 Å². The third kappa shape index (κ3) is 4.51. The predicted octanol–water partition coefficient (Wildman–Crippen LogP) is 3.12. The Morgan fingerprint density at radius 1 is 1.52 bits per heavy atom. The van der Waals surface area contributed by atoms with Crippen molar-refractivity contribution in [3.05, 3.63) is 23.2 Å². The van der Waals surface area contributed by atoms with Gasteiger partial charge in [0.2, 0.25) is 0 Å². The molecule has 6 heteroatoms. The molecule has 1 unspecified atom stereocenters. The van der Waals surface area contributed by atoms with Crippen molar-refractivity contribution < 1.29 is 14.6 Å². The van der Waals surface area contributed by atoms with Crippen LogP contribution in [-0.2, 0) is 0 Å². The number of benzene rings is 1. The van der Waals surface area contributed by atoms with E-state index < -0.39 is 6.10 Å². The topological polar surface area (TPSA) is 61.8 Å². The second-order valence-electron chi connectivity index (χ2n) is 5.48. The first kappa shape index (κ1) is 15.9. The van der Waals surface area contributed by atoms with Gasteiger partial charge in [-0.15, -0.1) is 0 Å². The monoisotopic (exact) mass is 312 g/mol. The van der Waals surface area contributed by atoms with Crippen LogP contribution in [0.25, 0.3) is 0 Å². The highest BCUT2D eigenvalue weighted by Gasteiger charge is 2.22. The maximum absolute atomic E-state index is 12.1. The Bertz CT molecular complexity index is 508. The van der Waals surface area contributed by atoms with Crippen LogP contribution in [-0.4, -0.2) is 41.3 Å². The number of likely N-dealkylation sites (tertiary alicyclic amines) is 1. The van der Waals surface area contributed by atoms with Crippen LogP contribution in [0, 0.1) is 0 Å². The molecular formula is C15H21ClN2O3. The van der Waals surface area contributed by atoms with Crippen LogP contribution in [0.4, 0.5) is 10.5 Å². The molecule has 0 saturated carbocycles. The number of nitrogens with zero attached hydrogens (tertiary/aromatic N) is 1. The van der Waals surface area contributed by atoms with Crippen LogP contribution in [0.5, 0.6) is 5.75 Å². The first-order valence-electron chi connectivity index (χ1n) is 7.16. The Balaban J connectivity index is 1.99. The number of aliphatic hydroxyl groups is 1. The molecular weight excluding hydrogens is 292 g/mol. The van der Waals surface area contributed by atoms with Crippen LogP contribution in [0.3, 0.4) is 0 Å². The molecule has 5 nitrogen and oxygen atoms in total. The number of anilines is 1. The molecule has 0 spiro atoms. The van der Waals surface area contributed by atoms with Gasteiger partial charge in [0, 0.05) is 18.8 Å². The second-order valence-corrected chi connectivity index (χ2v) is 5.89. The highest BCUT2D eigenvalue weighted by atomic mass is 35.5. The molecule has 0 radical (unpaired) electrons. The van der Waals surface area contributed by atoms with Crippen molar-refractivity contribution in [2.75, 3.05) is 18.4 Å². The lowest BCUT2D eigenvalue weighted by Crippen LogP contribution is -2.44. The molecule has 21 heavy (non-hydrogen) atoms. The summed E-state index contributed by atoms with van der Waals surface area (Å²) < 4.78 is 5.55. The van der Waals surface area contributed by atoms with Gasteiger partial charge >= 0.3 is 6.03 Å². The van der Waals surface area contributed by atoms with E-state index >= 15 is 0 Å². The smallest absolute Gasteiger partial charge is 0.321 e. The van der Waals surface area contributed by atoms with Crippen molar-refractivity contribution >= 4 is 23.3 Å². The van der Waals surface area contributed by atoms with E-state index in [0.29, 0.717) is 29.5 Å². The highest BCUT2D eigenvalue weighted by molar-refractivity contribution is 6.32. The molecule has 2 amide bonds. The van der Waals surface area contributed by atoms with Gasteiger partial charge < -0.3 is 20.1 Å². The van der Waals surface area contributed by atoms with E-state index in [0.717, 1.165) is 12.8 Å². The molecule has 1 aliphatic heterocycles. The van der Waals surface area contributed by atoms with Crippen molar-refractivity contribution in [2.24, 2.45) is 0 Å². The van der Waals surface area contributed by atoms with Gasteiger partial charge in [0.25, 0.3) is 0 Å². The summed E-state index contributed by atoms with van der Waals surface area (Å²) in [5.74, 6) is 0.595. The van der Waals surface area contributed by atoms with Crippen LogP contribution in [0.1, 0.15) is 26.7 Å². The average Bonchev–Trinajstić information content (AvgIpc) is 2.41. The zero-order valence-electron chi connectivity index (χ0n) is 12.3. The molecule has 1 heterocycles. The van der Waals surface area contributed by atoms with Crippen LogP contribution in [0.15, 0.2) is 18.2 Å². The minimum absolute atomic E-state index is 0.0396. The van der Waals surface area contributed by atoms with Crippen molar-refractivity contribution in [1.82, 2.24) is 4.90 Å². The Hall–Kier alpha value is -1.46. The van der Waals surface area contributed by atoms with Gasteiger partial charge in [-0.2, -0.15) is 0 Å². The molecule has 1 atom stereocenters. The van der Waals surface area contributed by atoms with Crippen molar-refractivity contribution in [2.45, 2.75) is 38.9 Å². The lowest BCUT2D eigenvalue weighted by molar-refractivity contribution is 0.0883. The molecule has 1 aromatic carbocycles. The Morgan fingerprint density at radius 2 is 2.29 bits per heavy atom. The molecule has 0 aromatic heterocycles. The van der Waals surface area contributed by atoms with E-state index in [9.17, 15) is 9.90 Å². The van der Waals surface area contributed by atoms with E-state index in [2.05, 4.69) is 5.32 Å². The molecule has 0 bridgehead atoms. The van der Waals surface area contributed by atoms with E-state index in [1.54, 1.807) is 23.1 Å². The quantitative estimate of drug-likeness (QED) is 0.901. The largest absolute Gasteiger partial charge is 0.489 e. The molecule has 1 fully saturated rings. The highest BCUT2D eigenvalue weighted by Crippen LogP contribution is 2.28. The minimum Gasteiger partial charge on any atom is -0.489 e. The van der Waals surface area contributed by atoms with Gasteiger partial charge in [-0.05, 0) is 44.9 Å². The van der Waals surface area contributed by atoms with Gasteiger partial charge in [-0.25, -0.2) is 4.79 Å². The summed E-state index contributed by atoms with van der Waals surface area (Å²) in [4.78, 5) is 13.7. The summed E-state index contributed by atoms with van der Waals surface area (Å²) in [5.41, 5.74) is 0.612. The Labute approximate surface area is 129 Å². The number of hydrogen-bond acceptors (Lipinski definition) is 3. The maximum Gasteiger partial charge on any atom is 0.321 e. The van der Waals surface area contributed by atoms with E-state index in [-0.39, 0.29) is 12.1 Å². The summed E-state index contributed by atoms with van der Waals surface area (Å²) in [6.45, 7) is 4.88. The number of carbonyl (C=O) groups is 1. The molecule has 1 aromatic rings. The van der Waals surface area contributed by atoms with Gasteiger partial charge in [-0.3, -0.25) is 0 Å². The SMILES string of the molecule is CC(C)Oc1ccc(NC(=O)N2CCCC(O)C2)cc1Cl. The molecule has 2 N–H and O–H groups in total. The van der Waals surface area contributed by atoms with Crippen molar-refractivity contribution in [3.63, 3.8) is 0 Å². The number of β-amino-alcohol motifs (C(OH)–C–C–N with tert-alkyl or cyclic N) is 1. The Morgan fingerprint density at radius 3 is 2.90 bits per heavy atom. The van der Waals surface area contributed by atoms with Crippen LogP contribution in [0.2, 0.25) is 5.02 Å². The lowest BCUT2D eigenvalue weighted by atomic mass is 10.1. The fraction of sp³-hybridized carbons (Fsp3) is 0.533. The molecule has 1 aliphatic rings. The van der Waals surface area contributed by atoms with Crippen LogP contribution < -0.4 is 10.1 Å². The zero-order valence-corrected chi connectivity index (χ0v) is 13.1. The van der Waals surface area contributed by atoms with Gasteiger partial charge in [0.1, 0.15) is 5.75 Å². The first-order valence-corrected chi connectivity index (χ1v) is 7.53. The normalized spacial score (nSPS) is 18.7. The molecule has 0 aliphatic carbocycles. The van der Waals surface area contributed by atoms with Gasteiger partial charge in [0.05, 0.1) is 17.2 Å². The number of aliphatic hydroxyl groups excluding tert-OH is 1. The number of rotatable bonds is 3. The minimum atomic E-state index is -0.435. The summed E-state index contributed by atoms with van der Waals surface area (Å²) in [6, 6.07) is 4.94. The average molecular weight is 313 g/mol. The summed E-state index contributed by atoms with van der Waals surface area (Å²) in [5, 5.41) is 12.8. The zero-order chi connectivity index (χ0) is 15.4. The predicted molar refractivity (Wildman–Crippen MR) is 83.0 cm³/mol. The van der Waals surface area contributed by atoms with E-state index in [1.807, 2.05) is 13.8 Å². The third-order valence-electron chi connectivity index (χ3n) is 3.23. The fourth-order valence-corrected chi connectivity index (χ4v) is 2.49. The fourth-order valence-electron chi connectivity index (χ4n) is 2.27. The maximum atomic E-state index is 12.1. The Kier molecular flexibility index (Phi) is 5.31. The standard InChI is InChI=1S/C15H21ClN2O3/c1-10(2)21-14-6-5-11(8-13(14)16)17-15(20)18-7-3-4-12(19)9-18/h5-6,8,10,12,19H,3-4,7,9H2,1-2H3,(H,17,20). The lowest BCUT2D eigenvalue weighted by Gasteiger charge is -2.30. The van der Waals surface area contributed by atoms with Crippen molar-refractivity contribution in [1.29, 1.82) is 0 Å².